The van der Waals surface area contributed by atoms with Crippen LogP contribution >= 0.6 is 11.5 Å². The van der Waals surface area contributed by atoms with Crippen LogP contribution in [0.3, 0.4) is 0 Å². The Morgan fingerprint density at radius 1 is 1.62 bits per heavy atom. The topological polar surface area (TPSA) is 89.9 Å². The predicted octanol–water partition coefficient (Wildman–Crippen LogP) is 0.0185. The molecule has 84 valence electrons. The van der Waals surface area contributed by atoms with Gasteiger partial charge in [0.15, 0.2) is 10.7 Å². The van der Waals surface area contributed by atoms with E-state index in [1.54, 1.807) is 0 Å². The molecule has 0 aromatic carbocycles. The van der Waals surface area contributed by atoms with Gasteiger partial charge in [-0.05, 0) is 11.5 Å². The standard InChI is InChI=1S/C8H8N4O3S/c1-12-7(13)4(6-9-3-10-16-6)5(11-12)8(14)15-2/h3,11H,1-2H3. The fraction of sp³-hybridized carbons (Fsp3) is 0.250. The first-order chi connectivity index (χ1) is 7.65. The van der Waals surface area contributed by atoms with E-state index >= 15 is 0 Å². The van der Waals surface area contributed by atoms with Crippen LogP contribution in [0, 0.1) is 0 Å². The zero-order valence-electron chi connectivity index (χ0n) is 8.55. The molecule has 2 aromatic heterocycles. The number of nitrogens with zero attached hydrogens (tertiary/aromatic N) is 3. The molecular weight excluding hydrogens is 232 g/mol. The Hall–Kier alpha value is -1.96. The van der Waals surface area contributed by atoms with Crippen LogP contribution in [-0.2, 0) is 11.8 Å². The van der Waals surface area contributed by atoms with Crippen molar-refractivity contribution in [3.63, 3.8) is 0 Å². The second-order valence-electron chi connectivity index (χ2n) is 2.96. The third-order valence-electron chi connectivity index (χ3n) is 2.01. The van der Waals surface area contributed by atoms with Gasteiger partial charge in [-0.25, -0.2) is 9.78 Å². The van der Waals surface area contributed by atoms with Gasteiger partial charge in [0.2, 0.25) is 0 Å². The van der Waals surface area contributed by atoms with E-state index in [1.807, 2.05) is 0 Å². The number of nitrogens with one attached hydrogen (secondary N) is 1. The van der Waals surface area contributed by atoms with Gasteiger partial charge in [0.25, 0.3) is 5.56 Å². The second kappa shape index (κ2) is 3.89. The van der Waals surface area contributed by atoms with E-state index in [0.29, 0.717) is 5.01 Å². The zero-order chi connectivity index (χ0) is 11.7. The largest absolute Gasteiger partial charge is 0.464 e. The van der Waals surface area contributed by atoms with E-state index in [4.69, 9.17) is 0 Å². The molecule has 2 aromatic rings. The number of aryl methyl sites for hydroxylation is 1. The molecule has 0 aliphatic heterocycles. The van der Waals surface area contributed by atoms with Gasteiger partial charge in [-0.3, -0.25) is 14.6 Å². The van der Waals surface area contributed by atoms with Crippen molar-refractivity contribution in [3.8, 4) is 10.6 Å². The summed E-state index contributed by atoms with van der Waals surface area (Å²) < 4.78 is 9.57. The lowest BCUT2D eigenvalue weighted by Crippen LogP contribution is -2.13. The molecule has 0 aliphatic carbocycles. The number of esters is 1. The Balaban J connectivity index is 2.68. The molecule has 2 heterocycles. The van der Waals surface area contributed by atoms with Crippen LogP contribution in [0.5, 0.6) is 0 Å². The van der Waals surface area contributed by atoms with Gasteiger partial charge >= 0.3 is 5.97 Å². The van der Waals surface area contributed by atoms with Crippen molar-refractivity contribution in [1.82, 2.24) is 19.1 Å². The normalized spacial score (nSPS) is 10.4. The quantitative estimate of drug-likeness (QED) is 0.747. The summed E-state index contributed by atoms with van der Waals surface area (Å²) in [6.45, 7) is 0. The number of aromatic amines is 1. The van der Waals surface area contributed by atoms with Gasteiger partial charge in [-0.2, -0.15) is 4.37 Å². The van der Waals surface area contributed by atoms with E-state index in [1.165, 1.54) is 25.2 Å². The summed E-state index contributed by atoms with van der Waals surface area (Å²) in [5.74, 6) is -0.608. The SMILES string of the molecule is COC(=O)c1[nH]n(C)c(=O)c1-c1ncns1. The minimum absolute atomic E-state index is 0.0896. The first kappa shape index (κ1) is 10.6. The van der Waals surface area contributed by atoms with Crippen LogP contribution in [0.1, 0.15) is 10.5 Å². The summed E-state index contributed by atoms with van der Waals surface area (Å²) in [7, 11) is 2.76. The maximum Gasteiger partial charge on any atom is 0.356 e. The molecule has 2 rings (SSSR count). The summed E-state index contributed by atoms with van der Waals surface area (Å²) in [5, 5.41) is 3.01. The highest BCUT2D eigenvalue weighted by Crippen LogP contribution is 2.19. The molecule has 0 aliphatic rings. The third-order valence-corrected chi connectivity index (χ3v) is 2.69. The molecular formula is C8H8N4O3S. The van der Waals surface area contributed by atoms with Crippen LogP contribution in [-0.4, -0.2) is 32.2 Å². The number of rotatable bonds is 2. The van der Waals surface area contributed by atoms with Gasteiger partial charge in [0.05, 0.1) is 7.11 Å². The lowest BCUT2D eigenvalue weighted by Gasteiger charge is -1.96. The number of hydrogen-bond acceptors (Lipinski definition) is 6. The Morgan fingerprint density at radius 3 is 2.94 bits per heavy atom. The highest BCUT2D eigenvalue weighted by molar-refractivity contribution is 7.09. The second-order valence-corrected chi connectivity index (χ2v) is 3.74. The van der Waals surface area contributed by atoms with Crippen LogP contribution in [0.2, 0.25) is 0 Å². The molecule has 0 atom stereocenters. The lowest BCUT2D eigenvalue weighted by molar-refractivity contribution is 0.0594. The maximum absolute atomic E-state index is 11.8. The van der Waals surface area contributed by atoms with Crippen LogP contribution < -0.4 is 5.56 Å². The zero-order valence-corrected chi connectivity index (χ0v) is 9.37. The molecule has 1 N–H and O–H groups in total. The fourth-order valence-electron chi connectivity index (χ4n) is 1.28. The van der Waals surface area contributed by atoms with Gasteiger partial charge in [0.1, 0.15) is 11.9 Å². The number of aromatic nitrogens is 4. The lowest BCUT2D eigenvalue weighted by atomic mass is 10.2. The van der Waals surface area contributed by atoms with Gasteiger partial charge < -0.3 is 4.74 Å². The van der Waals surface area contributed by atoms with E-state index in [2.05, 4.69) is 19.2 Å². The number of H-pyrrole nitrogens is 1. The van der Waals surface area contributed by atoms with Crippen molar-refractivity contribution in [2.24, 2.45) is 7.05 Å². The van der Waals surface area contributed by atoms with E-state index in [0.717, 1.165) is 11.5 Å². The smallest absolute Gasteiger partial charge is 0.356 e. The Bertz CT molecular complexity index is 569. The number of ether oxygens (including phenoxy) is 1. The minimum Gasteiger partial charge on any atom is -0.464 e. The molecule has 7 nitrogen and oxygen atoms in total. The van der Waals surface area contributed by atoms with Crippen molar-refractivity contribution in [2.75, 3.05) is 7.11 Å². The first-order valence-electron chi connectivity index (χ1n) is 4.29. The Labute approximate surface area is 93.8 Å². The van der Waals surface area contributed by atoms with Crippen LogP contribution in [0.25, 0.3) is 10.6 Å². The van der Waals surface area contributed by atoms with Crippen molar-refractivity contribution >= 4 is 17.5 Å². The van der Waals surface area contributed by atoms with Gasteiger partial charge in [-0.1, -0.05) is 0 Å². The third kappa shape index (κ3) is 1.52. The van der Waals surface area contributed by atoms with Crippen LogP contribution in [0.4, 0.5) is 0 Å². The number of carbonyl (C=O) groups excluding carboxylic acids is 1. The van der Waals surface area contributed by atoms with E-state index in [-0.39, 0.29) is 16.8 Å². The highest BCUT2D eigenvalue weighted by atomic mass is 32.1. The van der Waals surface area contributed by atoms with Crippen molar-refractivity contribution in [3.05, 3.63) is 22.4 Å². The summed E-state index contributed by atoms with van der Waals surface area (Å²) >= 11 is 1.04. The molecule has 0 saturated carbocycles. The van der Waals surface area contributed by atoms with Gasteiger partial charge in [0, 0.05) is 7.05 Å². The average molecular weight is 240 g/mol. The molecule has 0 fully saturated rings. The molecule has 16 heavy (non-hydrogen) atoms. The average Bonchev–Trinajstić information content (AvgIpc) is 2.87. The predicted molar refractivity (Wildman–Crippen MR) is 56.3 cm³/mol. The summed E-state index contributed by atoms with van der Waals surface area (Å²) in [5.41, 5.74) is -0.0549. The number of hydrogen-bond donors (Lipinski definition) is 1. The van der Waals surface area contributed by atoms with E-state index in [9.17, 15) is 9.59 Å². The summed E-state index contributed by atoms with van der Waals surface area (Å²) in [4.78, 5) is 27.1. The molecule has 0 bridgehead atoms. The minimum atomic E-state index is -0.608. The summed E-state index contributed by atoms with van der Waals surface area (Å²) in [6, 6.07) is 0. The van der Waals surface area contributed by atoms with E-state index < -0.39 is 5.97 Å². The molecule has 0 saturated heterocycles. The maximum atomic E-state index is 11.8. The molecule has 8 heteroatoms. The van der Waals surface area contributed by atoms with Crippen LogP contribution in [0.15, 0.2) is 11.1 Å². The monoisotopic (exact) mass is 240 g/mol. The first-order valence-corrected chi connectivity index (χ1v) is 5.07. The fourth-order valence-corrected chi connectivity index (χ4v) is 1.85. The van der Waals surface area contributed by atoms with Crippen molar-refractivity contribution in [1.29, 1.82) is 0 Å². The number of methoxy groups -OCH3 is 1. The van der Waals surface area contributed by atoms with Crippen molar-refractivity contribution in [2.45, 2.75) is 0 Å². The molecule has 0 amide bonds. The summed E-state index contributed by atoms with van der Waals surface area (Å²) in [6.07, 6.45) is 1.33. The molecule has 0 unspecified atom stereocenters. The van der Waals surface area contributed by atoms with Crippen molar-refractivity contribution < 1.29 is 9.53 Å². The Kier molecular flexibility index (Phi) is 2.57. The highest BCUT2D eigenvalue weighted by Gasteiger charge is 2.22. The Morgan fingerprint density at radius 2 is 2.38 bits per heavy atom. The molecule has 0 radical (unpaired) electrons. The van der Waals surface area contributed by atoms with Gasteiger partial charge in [-0.15, -0.1) is 0 Å². The number of carbonyl (C=O) groups is 1. The molecule has 0 spiro atoms.